The minimum absolute atomic E-state index is 0.0275. The Morgan fingerprint density at radius 2 is 1.90 bits per heavy atom. The van der Waals surface area contributed by atoms with E-state index < -0.39 is 0 Å². The highest BCUT2D eigenvalue weighted by Gasteiger charge is 2.29. The van der Waals surface area contributed by atoms with E-state index in [-0.39, 0.29) is 12.4 Å². The highest BCUT2D eigenvalue weighted by atomic mass is 16.7. The van der Waals surface area contributed by atoms with Crippen LogP contribution in [-0.4, -0.2) is 25.6 Å². The van der Waals surface area contributed by atoms with E-state index in [2.05, 4.69) is 38.1 Å². The molecule has 0 bridgehead atoms. The molecular weight excluding hydrogens is 264 g/mol. The van der Waals surface area contributed by atoms with Gasteiger partial charge < -0.3 is 14.2 Å². The van der Waals surface area contributed by atoms with Gasteiger partial charge in [0.15, 0.2) is 6.29 Å². The average molecular weight is 290 g/mol. The maximum absolute atomic E-state index is 6.00. The summed E-state index contributed by atoms with van der Waals surface area (Å²) in [7, 11) is 0. The summed E-state index contributed by atoms with van der Waals surface area (Å²) >= 11 is 0. The topological polar surface area (TPSA) is 27.7 Å². The first kappa shape index (κ1) is 16.2. The summed E-state index contributed by atoms with van der Waals surface area (Å²) in [4.78, 5) is 0. The van der Waals surface area contributed by atoms with Crippen molar-refractivity contribution in [3.8, 4) is 0 Å². The molecule has 0 radical (unpaired) electrons. The maximum Gasteiger partial charge on any atom is 0.164 e. The van der Waals surface area contributed by atoms with Gasteiger partial charge >= 0.3 is 0 Å². The fourth-order valence-electron chi connectivity index (χ4n) is 2.46. The van der Waals surface area contributed by atoms with Crippen LogP contribution in [0.3, 0.4) is 0 Å². The van der Waals surface area contributed by atoms with E-state index in [4.69, 9.17) is 14.2 Å². The van der Waals surface area contributed by atoms with Crippen LogP contribution in [0.15, 0.2) is 42.5 Å². The van der Waals surface area contributed by atoms with Crippen LogP contribution in [0.1, 0.15) is 26.3 Å². The Labute approximate surface area is 127 Å². The molecule has 0 aliphatic carbocycles. The molecule has 2 rings (SSSR count). The molecular formula is C18H26O3. The SMILES string of the molecule is CCO[C@@H]1O[C@@H](COCc2ccccc2)C=C[C@H]1C(C)C. The van der Waals surface area contributed by atoms with E-state index in [9.17, 15) is 0 Å². The van der Waals surface area contributed by atoms with Crippen molar-refractivity contribution in [2.75, 3.05) is 13.2 Å². The third kappa shape index (κ3) is 4.95. The maximum atomic E-state index is 6.00. The van der Waals surface area contributed by atoms with Crippen molar-refractivity contribution < 1.29 is 14.2 Å². The van der Waals surface area contributed by atoms with E-state index in [1.165, 1.54) is 5.56 Å². The zero-order valence-electron chi connectivity index (χ0n) is 13.2. The van der Waals surface area contributed by atoms with Crippen LogP contribution >= 0.6 is 0 Å². The molecule has 0 N–H and O–H groups in total. The molecule has 3 heteroatoms. The number of rotatable bonds is 7. The van der Waals surface area contributed by atoms with Gasteiger partial charge in [0, 0.05) is 12.5 Å². The molecule has 0 unspecified atom stereocenters. The van der Waals surface area contributed by atoms with Gasteiger partial charge in [-0.3, -0.25) is 0 Å². The van der Waals surface area contributed by atoms with Crippen molar-refractivity contribution >= 4 is 0 Å². The van der Waals surface area contributed by atoms with E-state index in [1.807, 2.05) is 25.1 Å². The second-order valence-electron chi connectivity index (χ2n) is 5.71. The molecule has 1 aliphatic rings. The summed E-state index contributed by atoms with van der Waals surface area (Å²) in [6.07, 6.45) is 4.13. The molecule has 0 saturated heterocycles. The van der Waals surface area contributed by atoms with E-state index in [0.29, 0.717) is 31.7 Å². The highest BCUT2D eigenvalue weighted by Crippen LogP contribution is 2.26. The monoisotopic (exact) mass is 290 g/mol. The van der Waals surface area contributed by atoms with Gasteiger partial charge in [-0.15, -0.1) is 0 Å². The third-order valence-electron chi connectivity index (χ3n) is 3.67. The Kier molecular flexibility index (Phi) is 6.43. The molecule has 21 heavy (non-hydrogen) atoms. The molecule has 1 aromatic rings. The van der Waals surface area contributed by atoms with Gasteiger partial charge in [-0.05, 0) is 18.4 Å². The van der Waals surface area contributed by atoms with Gasteiger partial charge in [0.1, 0.15) is 6.10 Å². The number of benzene rings is 1. The van der Waals surface area contributed by atoms with Gasteiger partial charge in [0.25, 0.3) is 0 Å². The lowest BCUT2D eigenvalue weighted by Crippen LogP contribution is -2.38. The van der Waals surface area contributed by atoms with Crippen LogP contribution in [0.2, 0.25) is 0 Å². The lowest BCUT2D eigenvalue weighted by atomic mass is 9.92. The Morgan fingerprint density at radius 1 is 1.14 bits per heavy atom. The first-order chi connectivity index (χ1) is 10.2. The normalized spacial score (nSPS) is 25.4. The molecule has 1 aromatic carbocycles. The summed E-state index contributed by atoms with van der Waals surface area (Å²) < 4.78 is 17.5. The standard InChI is InChI=1S/C18H26O3/c1-4-20-18-17(14(2)3)11-10-16(21-18)13-19-12-15-8-6-5-7-9-15/h5-11,14,16-18H,4,12-13H2,1-3H3/t16-,17+,18-/m1/s1. The average Bonchev–Trinajstić information content (AvgIpc) is 2.49. The number of hydrogen-bond donors (Lipinski definition) is 0. The van der Waals surface area contributed by atoms with Gasteiger partial charge in [-0.1, -0.05) is 56.3 Å². The third-order valence-corrected chi connectivity index (χ3v) is 3.67. The van der Waals surface area contributed by atoms with Gasteiger partial charge in [-0.25, -0.2) is 0 Å². The van der Waals surface area contributed by atoms with E-state index in [0.717, 1.165) is 0 Å². The van der Waals surface area contributed by atoms with Crippen LogP contribution in [0.4, 0.5) is 0 Å². The lowest BCUT2D eigenvalue weighted by molar-refractivity contribution is -0.200. The van der Waals surface area contributed by atoms with Crippen molar-refractivity contribution in [3.63, 3.8) is 0 Å². The van der Waals surface area contributed by atoms with E-state index in [1.54, 1.807) is 0 Å². The van der Waals surface area contributed by atoms with Crippen LogP contribution in [0, 0.1) is 11.8 Å². The van der Waals surface area contributed by atoms with Gasteiger partial charge in [0.2, 0.25) is 0 Å². The Morgan fingerprint density at radius 3 is 2.57 bits per heavy atom. The first-order valence-electron chi connectivity index (χ1n) is 7.77. The van der Waals surface area contributed by atoms with Gasteiger partial charge in [0.05, 0.1) is 13.2 Å². The number of hydrogen-bond acceptors (Lipinski definition) is 3. The summed E-state index contributed by atoms with van der Waals surface area (Å²) in [5.41, 5.74) is 1.18. The largest absolute Gasteiger partial charge is 0.374 e. The zero-order valence-corrected chi connectivity index (χ0v) is 13.2. The van der Waals surface area contributed by atoms with E-state index >= 15 is 0 Å². The van der Waals surface area contributed by atoms with Crippen molar-refractivity contribution in [2.45, 2.75) is 39.8 Å². The highest BCUT2D eigenvalue weighted by molar-refractivity contribution is 5.13. The predicted octanol–water partition coefficient (Wildman–Crippen LogP) is 3.79. The molecule has 0 amide bonds. The molecule has 0 aromatic heterocycles. The second-order valence-corrected chi connectivity index (χ2v) is 5.71. The number of ether oxygens (including phenoxy) is 3. The Hall–Kier alpha value is -1.16. The van der Waals surface area contributed by atoms with Crippen LogP contribution in [0.25, 0.3) is 0 Å². The molecule has 116 valence electrons. The summed E-state index contributed by atoms with van der Waals surface area (Å²) in [6.45, 7) is 8.22. The van der Waals surface area contributed by atoms with Crippen LogP contribution in [-0.2, 0) is 20.8 Å². The molecule has 3 atom stereocenters. The molecule has 0 spiro atoms. The quantitative estimate of drug-likeness (QED) is 0.715. The zero-order chi connectivity index (χ0) is 15.1. The molecule has 1 aliphatic heterocycles. The minimum atomic E-state index is -0.162. The fraction of sp³-hybridized carbons (Fsp3) is 0.556. The molecule has 0 saturated carbocycles. The van der Waals surface area contributed by atoms with Crippen LogP contribution in [0.5, 0.6) is 0 Å². The summed E-state index contributed by atoms with van der Waals surface area (Å²) in [6, 6.07) is 10.2. The van der Waals surface area contributed by atoms with Crippen molar-refractivity contribution in [1.82, 2.24) is 0 Å². The first-order valence-corrected chi connectivity index (χ1v) is 7.77. The Bertz CT molecular complexity index is 427. The minimum Gasteiger partial charge on any atom is -0.374 e. The predicted molar refractivity (Wildman–Crippen MR) is 83.9 cm³/mol. The van der Waals surface area contributed by atoms with Crippen LogP contribution < -0.4 is 0 Å². The fourth-order valence-corrected chi connectivity index (χ4v) is 2.46. The Balaban J connectivity index is 1.82. The van der Waals surface area contributed by atoms with Crippen molar-refractivity contribution in [3.05, 3.63) is 48.0 Å². The van der Waals surface area contributed by atoms with Crippen molar-refractivity contribution in [1.29, 1.82) is 0 Å². The summed E-state index contributed by atoms with van der Waals surface area (Å²) in [5, 5.41) is 0. The van der Waals surface area contributed by atoms with Gasteiger partial charge in [-0.2, -0.15) is 0 Å². The molecule has 0 fully saturated rings. The summed E-state index contributed by atoms with van der Waals surface area (Å²) in [5.74, 6) is 0.819. The smallest absolute Gasteiger partial charge is 0.164 e. The van der Waals surface area contributed by atoms with Crippen molar-refractivity contribution in [2.24, 2.45) is 11.8 Å². The lowest BCUT2D eigenvalue weighted by Gasteiger charge is -2.34. The molecule has 1 heterocycles. The molecule has 3 nitrogen and oxygen atoms in total. The second kappa shape index (κ2) is 8.32.